The highest BCUT2D eigenvalue weighted by molar-refractivity contribution is 7.91. The number of sulfone groups is 1. The van der Waals surface area contributed by atoms with Gasteiger partial charge in [0.15, 0.2) is 9.84 Å². The van der Waals surface area contributed by atoms with Crippen LogP contribution in [0.4, 0.5) is 0 Å². The molecule has 0 unspecified atom stereocenters. The molecular weight excluding hydrogens is 298 g/mol. The van der Waals surface area contributed by atoms with Crippen LogP contribution in [0.1, 0.15) is 43.7 Å². The molecule has 1 aliphatic heterocycles. The van der Waals surface area contributed by atoms with Gasteiger partial charge in [-0.1, -0.05) is 43.2 Å². The van der Waals surface area contributed by atoms with Crippen molar-refractivity contribution < 1.29 is 13.2 Å². The lowest BCUT2D eigenvalue weighted by Gasteiger charge is -2.26. The average Bonchev–Trinajstić information content (AvgIpc) is 3.15. The van der Waals surface area contributed by atoms with E-state index in [-0.39, 0.29) is 29.4 Å². The Bertz CT molecular complexity index is 621. The van der Waals surface area contributed by atoms with Crippen molar-refractivity contribution in [2.45, 2.75) is 38.1 Å². The van der Waals surface area contributed by atoms with E-state index >= 15 is 0 Å². The number of amides is 1. The van der Waals surface area contributed by atoms with Crippen molar-refractivity contribution in [3.05, 3.63) is 35.9 Å². The van der Waals surface area contributed by atoms with Gasteiger partial charge >= 0.3 is 0 Å². The summed E-state index contributed by atoms with van der Waals surface area (Å²) >= 11 is 0. The maximum absolute atomic E-state index is 12.5. The SMILES string of the molecule is O=C(N[C@@H](c1ccccc1)C1CCCC1)[C@@H]1CCS(=O)(=O)C1. The normalized spacial score (nSPS) is 25.9. The van der Waals surface area contributed by atoms with Crippen molar-refractivity contribution in [2.75, 3.05) is 11.5 Å². The summed E-state index contributed by atoms with van der Waals surface area (Å²) in [5.74, 6) is 0.138. The zero-order chi connectivity index (χ0) is 15.6. The maximum Gasteiger partial charge on any atom is 0.224 e. The summed E-state index contributed by atoms with van der Waals surface area (Å²) < 4.78 is 23.2. The number of hydrogen-bond donors (Lipinski definition) is 1. The van der Waals surface area contributed by atoms with Crippen LogP contribution >= 0.6 is 0 Å². The van der Waals surface area contributed by atoms with E-state index < -0.39 is 9.84 Å². The Kier molecular flexibility index (Phi) is 4.52. The number of nitrogens with one attached hydrogen (secondary N) is 1. The Morgan fingerprint density at radius 1 is 1.09 bits per heavy atom. The molecule has 1 aromatic rings. The third-order valence-electron chi connectivity index (χ3n) is 4.93. The van der Waals surface area contributed by atoms with Gasteiger partial charge in [0.05, 0.1) is 23.5 Å². The van der Waals surface area contributed by atoms with Gasteiger partial charge in [0.1, 0.15) is 0 Å². The molecule has 1 N–H and O–H groups in total. The largest absolute Gasteiger partial charge is 0.349 e. The fraction of sp³-hybridized carbons (Fsp3) is 0.588. The molecule has 0 spiro atoms. The number of rotatable bonds is 4. The minimum atomic E-state index is -3.02. The van der Waals surface area contributed by atoms with Crippen LogP contribution in [-0.2, 0) is 14.6 Å². The lowest BCUT2D eigenvalue weighted by Crippen LogP contribution is -2.37. The van der Waals surface area contributed by atoms with Crippen LogP contribution in [0.3, 0.4) is 0 Å². The van der Waals surface area contributed by atoms with Crippen molar-refractivity contribution >= 4 is 15.7 Å². The molecule has 2 aliphatic rings. The number of benzene rings is 1. The van der Waals surface area contributed by atoms with Gasteiger partial charge in [0.2, 0.25) is 5.91 Å². The Hall–Kier alpha value is -1.36. The third kappa shape index (κ3) is 3.51. The lowest BCUT2D eigenvalue weighted by molar-refractivity contribution is -0.125. The molecule has 2 atom stereocenters. The molecule has 120 valence electrons. The van der Waals surface area contributed by atoms with Crippen LogP contribution in [0.25, 0.3) is 0 Å². The summed E-state index contributed by atoms with van der Waals surface area (Å²) in [6, 6.07) is 10.1. The highest BCUT2D eigenvalue weighted by Crippen LogP contribution is 2.36. The second-order valence-electron chi connectivity index (χ2n) is 6.54. The highest BCUT2D eigenvalue weighted by atomic mass is 32.2. The highest BCUT2D eigenvalue weighted by Gasteiger charge is 2.35. The molecule has 22 heavy (non-hydrogen) atoms. The second-order valence-corrected chi connectivity index (χ2v) is 8.77. The first-order chi connectivity index (χ1) is 10.6. The Balaban J connectivity index is 1.74. The van der Waals surface area contributed by atoms with E-state index in [1.165, 1.54) is 12.8 Å². The van der Waals surface area contributed by atoms with Gasteiger partial charge in [0.25, 0.3) is 0 Å². The first kappa shape index (κ1) is 15.5. The van der Waals surface area contributed by atoms with E-state index in [9.17, 15) is 13.2 Å². The number of hydrogen-bond acceptors (Lipinski definition) is 3. The molecule has 2 fully saturated rings. The van der Waals surface area contributed by atoms with Gasteiger partial charge in [-0.05, 0) is 30.7 Å². The first-order valence-electron chi connectivity index (χ1n) is 8.11. The first-order valence-corrected chi connectivity index (χ1v) is 9.93. The second kappa shape index (κ2) is 6.41. The van der Waals surface area contributed by atoms with Crippen LogP contribution in [0.2, 0.25) is 0 Å². The summed E-state index contributed by atoms with van der Waals surface area (Å²) in [5.41, 5.74) is 1.13. The van der Waals surface area contributed by atoms with E-state index in [1.807, 2.05) is 18.2 Å². The summed E-state index contributed by atoms with van der Waals surface area (Å²) in [5, 5.41) is 3.15. The smallest absolute Gasteiger partial charge is 0.224 e. The van der Waals surface area contributed by atoms with Crippen LogP contribution in [0.5, 0.6) is 0 Å². The Labute approximate surface area is 132 Å². The van der Waals surface area contributed by atoms with Crippen molar-refractivity contribution in [3.8, 4) is 0 Å². The minimum Gasteiger partial charge on any atom is -0.349 e. The van der Waals surface area contributed by atoms with Gasteiger partial charge in [-0.2, -0.15) is 0 Å². The van der Waals surface area contributed by atoms with Crippen molar-refractivity contribution in [3.63, 3.8) is 0 Å². The predicted molar refractivity (Wildman–Crippen MR) is 86.0 cm³/mol. The van der Waals surface area contributed by atoms with Gasteiger partial charge < -0.3 is 5.32 Å². The number of carbonyl (C=O) groups excluding carboxylic acids is 1. The quantitative estimate of drug-likeness (QED) is 0.926. The van der Waals surface area contributed by atoms with Crippen LogP contribution < -0.4 is 5.32 Å². The van der Waals surface area contributed by atoms with Gasteiger partial charge in [-0.15, -0.1) is 0 Å². The molecule has 1 heterocycles. The summed E-state index contributed by atoms with van der Waals surface area (Å²) in [7, 11) is -3.02. The van der Waals surface area contributed by atoms with E-state index in [0.717, 1.165) is 18.4 Å². The lowest BCUT2D eigenvalue weighted by atomic mass is 9.91. The fourth-order valence-corrected chi connectivity index (χ4v) is 5.44. The molecule has 1 aromatic carbocycles. The molecule has 1 saturated carbocycles. The Morgan fingerprint density at radius 2 is 1.77 bits per heavy atom. The monoisotopic (exact) mass is 321 g/mol. The average molecular weight is 321 g/mol. The molecule has 5 heteroatoms. The van der Waals surface area contributed by atoms with Crippen molar-refractivity contribution in [2.24, 2.45) is 11.8 Å². The molecule has 3 rings (SSSR count). The molecule has 1 aliphatic carbocycles. The van der Waals surface area contributed by atoms with Gasteiger partial charge in [-0.25, -0.2) is 8.42 Å². The zero-order valence-electron chi connectivity index (χ0n) is 12.7. The molecule has 4 nitrogen and oxygen atoms in total. The molecule has 0 bridgehead atoms. The minimum absolute atomic E-state index is 0.00497. The fourth-order valence-electron chi connectivity index (χ4n) is 3.70. The zero-order valence-corrected chi connectivity index (χ0v) is 13.5. The molecular formula is C17H23NO3S. The van der Waals surface area contributed by atoms with E-state index in [4.69, 9.17) is 0 Å². The molecule has 1 saturated heterocycles. The van der Waals surface area contributed by atoms with Crippen LogP contribution in [-0.4, -0.2) is 25.8 Å². The Morgan fingerprint density at radius 3 is 2.36 bits per heavy atom. The van der Waals surface area contributed by atoms with Crippen molar-refractivity contribution in [1.29, 1.82) is 0 Å². The van der Waals surface area contributed by atoms with Crippen LogP contribution in [0, 0.1) is 11.8 Å². The van der Waals surface area contributed by atoms with Crippen LogP contribution in [0.15, 0.2) is 30.3 Å². The van der Waals surface area contributed by atoms with Gasteiger partial charge in [-0.3, -0.25) is 4.79 Å². The van der Waals surface area contributed by atoms with Crippen molar-refractivity contribution in [1.82, 2.24) is 5.32 Å². The molecule has 0 radical (unpaired) electrons. The number of carbonyl (C=O) groups is 1. The third-order valence-corrected chi connectivity index (χ3v) is 6.70. The topological polar surface area (TPSA) is 63.2 Å². The van der Waals surface area contributed by atoms with Gasteiger partial charge in [0, 0.05) is 0 Å². The van der Waals surface area contributed by atoms with E-state index in [2.05, 4.69) is 17.4 Å². The molecule has 0 aromatic heterocycles. The maximum atomic E-state index is 12.5. The van der Waals surface area contributed by atoms with E-state index in [1.54, 1.807) is 0 Å². The summed E-state index contributed by atoms with van der Waals surface area (Å²) in [4.78, 5) is 12.5. The predicted octanol–water partition coefficient (Wildman–Crippen LogP) is 2.47. The molecule has 1 amide bonds. The van der Waals surface area contributed by atoms with E-state index in [0.29, 0.717) is 12.3 Å². The standard InChI is InChI=1S/C17H23NO3S/c19-17(15-10-11-22(20,21)12-15)18-16(14-8-4-5-9-14)13-6-2-1-3-7-13/h1-3,6-7,14-16H,4-5,8-12H2,(H,18,19)/t15-,16+/m1/s1. The summed E-state index contributed by atoms with van der Waals surface area (Å²) in [6.07, 6.45) is 5.13. The summed E-state index contributed by atoms with van der Waals surface area (Å²) in [6.45, 7) is 0.